The van der Waals surface area contributed by atoms with E-state index in [1.807, 2.05) is 26.0 Å². The highest BCUT2D eigenvalue weighted by atomic mass is 35.5. The summed E-state index contributed by atoms with van der Waals surface area (Å²) in [6, 6.07) is 7.30. The van der Waals surface area contributed by atoms with Gasteiger partial charge in [-0.3, -0.25) is 4.79 Å². The molecule has 1 atom stereocenters. The summed E-state index contributed by atoms with van der Waals surface area (Å²) in [5.41, 5.74) is -0.445. The number of halogens is 2. The number of likely N-dealkylation sites (tertiary alicyclic amines) is 1. The third kappa shape index (κ3) is 2.88. The Kier molecular flexibility index (Phi) is 4.88. The average Bonchev–Trinajstić information content (AvgIpc) is 2.33. The highest BCUT2D eigenvalue weighted by molar-refractivity contribution is 6.30. The number of benzene rings is 1. The molecule has 3 nitrogen and oxygen atoms in total. The lowest BCUT2D eigenvalue weighted by Gasteiger charge is -2.49. The van der Waals surface area contributed by atoms with E-state index in [-0.39, 0.29) is 17.8 Å². The van der Waals surface area contributed by atoms with Crippen molar-refractivity contribution in [2.75, 3.05) is 13.1 Å². The fourth-order valence-corrected chi connectivity index (χ4v) is 2.84. The highest BCUT2D eigenvalue weighted by Crippen LogP contribution is 2.45. The number of carbonyl (C=O) groups excluding carboxylic acids is 1. The van der Waals surface area contributed by atoms with Gasteiger partial charge < -0.3 is 10.0 Å². The molecule has 1 aliphatic rings. The van der Waals surface area contributed by atoms with Crippen molar-refractivity contribution < 1.29 is 9.90 Å². The van der Waals surface area contributed by atoms with E-state index >= 15 is 0 Å². The van der Waals surface area contributed by atoms with E-state index in [9.17, 15) is 9.90 Å². The lowest BCUT2D eigenvalue weighted by molar-refractivity contribution is -0.142. The normalized spacial score (nSPS) is 25.6. The smallest absolute Gasteiger partial charge is 0.209 e. The van der Waals surface area contributed by atoms with Crippen molar-refractivity contribution in [1.82, 2.24) is 4.90 Å². The largest absolute Gasteiger partial charge is 0.384 e. The van der Waals surface area contributed by atoms with Crippen molar-refractivity contribution in [3.63, 3.8) is 0 Å². The van der Waals surface area contributed by atoms with E-state index in [2.05, 4.69) is 0 Å². The first-order valence-electron chi connectivity index (χ1n) is 6.07. The van der Waals surface area contributed by atoms with Crippen LogP contribution in [0.15, 0.2) is 24.3 Å². The Labute approximate surface area is 125 Å². The van der Waals surface area contributed by atoms with E-state index in [1.165, 1.54) is 0 Å². The molecule has 1 N–H and O–H groups in total. The fraction of sp³-hybridized carbons (Fsp3) is 0.500. The summed E-state index contributed by atoms with van der Waals surface area (Å²) in [7, 11) is 0. The zero-order valence-electron chi connectivity index (χ0n) is 11.1. The molecule has 0 unspecified atom stereocenters. The predicted molar refractivity (Wildman–Crippen MR) is 78.6 cm³/mol. The minimum atomic E-state index is -0.920. The van der Waals surface area contributed by atoms with Gasteiger partial charge in [-0.05, 0) is 24.1 Å². The molecule has 1 aromatic rings. The summed E-state index contributed by atoms with van der Waals surface area (Å²) < 4.78 is 0. The molecule has 1 amide bonds. The van der Waals surface area contributed by atoms with Crippen LogP contribution in [0, 0.1) is 5.41 Å². The molecule has 5 heteroatoms. The van der Waals surface area contributed by atoms with E-state index in [1.54, 1.807) is 17.0 Å². The van der Waals surface area contributed by atoms with Gasteiger partial charge in [-0.2, -0.15) is 0 Å². The second-order valence-corrected chi connectivity index (χ2v) is 6.01. The molecular formula is C14H19Cl2NO2. The predicted octanol–water partition coefficient (Wildman–Crippen LogP) is 2.84. The van der Waals surface area contributed by atoms with Crippen LogP contribution >= 0.6 is 24.0 Å². The Morgan fingerprint density at radius 2 is 1.89 bits per heavy atom. The van der Waals surface area contributed by atoms with Crippen molar-refractivity contribution in [1.29, 1.82) is 0 Å². The van der Waals surface area contributed by atoms with E-state index in [0.717, 1.165) is 12.0 Å². The van der Waals surface area contributed by atoms with Crippen LogP contribution < -0.4 is 0 Å². The molecule has 2 rings (SSSR count). The number of hydrogen-bond acceptors (Lipinski definition) is 2. The SMILES string of the molecule is CC1(C)CN(C=O)CC[C@]1(O)c1ccc(Cl)cc1.Cl. The van der Waals surface area contributed by atoms with Crippen molar-refractivity contribution in [3.05, 3.63) is 34.9 Å². The van der Waals surface area contributed by atoms with Crippen LogP contribution in [0.5, 0.6) is 0 Å². The summed E-state index contributed by atoms with van der Waals surface area (Å²) in [4.78, 5) is 12.6. The quantitative estimate of drug-likeness (QED) is 0.854. The van der Waals surface area contributed by atoms with Gasteiger partial charge in [0, 0.05) is 23.5 Å². The van der Waals surface area contributed by atoms with Crippen LogP contribution in [0.3, 0.4) is 0 Å². The van der Waals surface area contributed by atoms with Gasteiger partial charge in [0.05, 0.1) is 5.60 Å². The Bertz CT molecular complexity index is 447. The molecule has 1 fully saturated rings. The van der Waals surface area contributed by atoms with Crippen LogP contribution in [-0.4, -0.2) is 29.5 Å². The third-order valence-corrected chi connectivity index (χ3v) is 4.20. The van der Waals surface area contributed by atoms with Crippen molar-refractivity contribution in [2.24, 2.45) is 5.41 Å². The lowest BCUT2D eigenvalue weighted by Crippen LogP contribution is -2.54. The number of hydrogen-bond donors (Lipinski definition) is 1. The first-order chi connectivity index (χ1) is 8.39. The third-order valence-electron chi connectivity index (χ3n) is 3.95. The molecular weight excluding hydrogens is 285 g/mol. The summed E-state index contributed by atoms with van der Waals surface area (Å²) >= 11 is 5.88. The minimum Gasteiger partial charge on any atom is -0.384 e. The van der Waals surface area contributed by atoms with Gasteiger partial charge in [-0.1, -0.05) is 37.6 Å². The van der Waals surface area contributed by atoms with Gasteiger partial charge >= 0.3 is 0 Å². The van der Waals surface area contributed by atoms with Crippen molar-refractivity contribution in [2.45, 2.75) is 25.9 Å². The zero-order chi connectivity index (χ0) is 13.4. The maximum absolute atomic E-state index is 11.0. The molecule has 0 radical (unpaired) electrons. The van der Waals surface area contributed by atoms with Gasteiger partial charge in [0.1, 0.15) is 0 Å². The van der Waals surface area contributed by atoms with Gasteiger partial charge in [0.25, 0.3) is 0 Å². The first-order valence-corrected chi connectivity index (χ1v) is 6.45. The van der Waals surface area contributed by atoms with E-state index in [0.29, 0.717) is 24.5 Å². The lowest BCUT2D eigenvalue weighted by atomic mass is 9.66. The number of piperidine rings is 1. The molecule has 0 saturated carbocycles. The summed E-state index contributed by atoms with van der Waals surface area (Å²) in [5, 5.41) is 11.6. The maximum atomic E-state index is 11.0. The second-order valence-electron chi connectivity index (χ2n) is 5.58. The Morgan fingerprint density at radius 1 is 1.32 bits per heavy atom. The number of aliphatic hydroxyl groups is 1. The second kappa shape index (κ2) is 5.70. The number of amides is 1. The molecule has 1 aromatic carbocycles. The van der Waals surface area contributed by atoms with Crippen LogP contribution in [0.25, 0.3) is 0 Å². The highest BCUT2D eigenvalue weighted by Gasteiger charge is 2.48. The molecule has 0 aromatic heterocycles. The average molecular weight is 304 g/mol. The summed E-state index contributed by atoms with van der Waals surface area (Å²) in [6.45, 7) is 5.09. The molecule has 106 valence electrons. The summed E-state index contributed by atoms with van der Waals surface area (Å²) in [6.07, 6.45) is 1.39. The van der Waals surface area contributed by atoms with Gasteiger partial charge in [0.2, 0.25) is 6.41 Å². The number of carbonyl (C=O) groups is 1. The topological polar surface area (TPSA) is 40.5 Å². The monoisotopic (exact) mass is 303 g/mol. The van der Waals surface area contributed by atoms with Crippen molar-refractivity contribution >= 4 is 30.4 Å². The molecule has 1 heterocycles. The first kappa shape index (κ1) is 16.3. The Balaban J connectivity index is 0.00000180. The van der Waals surface area contributed by atoms with Crippen molar-refractivity contribution in [3.8, 4) is 0 Å². The van der Waals surface area contributed by atoms with Crippen LogP contribution in [-0.2, 0) is 10.4 Å². The number of nitrogens with zero attached hydrogens (tertiary/aromatic N) is 1. The van der Waals surface area contributed by atoms with Crippen LogP contribution in [0.4, 0.5) is 0 Å². The number of rotatable bonds is 2. The van der Waals surface area contributed by atoms with Gasteiger partial charge in [-0.15, -0.1) is 12.4 Å². The summed E-state index contributed by atoms with van der Waals surface area (Å²) in [5.74, 6) is 0. The fourth-order valence-electron chi connectivity index (χ4n) is 2.71. The molecule has 19 heavy (non-hydrogen) atoms. The Morgan fingerprint density at radius 3 is 2.37 bits per heavy atom. The minimum absolute atomic E-state index is 0. The molecule has 0 aliphatic carbocycles. The molecule has 1 saturated heterocycles. The van der Waals surface area contributed by atoms with E-state index in [4.69, 9.17) is 11.6 Å². The molecule has 1 aliphatic heterocycles. The molecule has 0 bridgehead atoms. The van der Waals surface area contributed by atoms with E-state index < -0.39 is 5.60 Å². The standard InChI is InChI=1S/C14H18ClNO2.ClH/c1-13(2)9-16(10-17)8-7-14(13,18)11-3-5-12(15)6-4-11;/h3-6,10,18H,7-9H2,1-2H3;1H/t14-;/m0./s1. The maximum Gasteiger partial charge on any atom is 0.209 e. The van der Waals surface area contributed by atoms with Crippen LogP contribution in [0.1, 0.15) is 25.8 Å². The van der Waals surface area contributed by atoms with Gasteiger partial charge in [-0.25, -0.2) is 0 Å². The zero-order valence-corrected chi connectivity index (χ0v) is 12.7. The van der Waals surface area contributed by atoms with Gasteiger partial charge in [0.15, 0.2) is 0 Å². The Hall–Kier alpha value is -0.770. The van der Waals surface area contributed by atoms with Crippen LogP contribution in [0.2, 0.25) is 5.02 Å². The molecule has 0 spiro atoms.